The molecule has 1 aromatic rings. The molecule has 2 rings (SSSR count). The molecule has 7 heteroatoms. The summed E-state index contributed by atoms with van der Waals surface area (Å²) in [6.45, 7) is 0.544. The molecule has 1 heterocycles. The van der Waals surface area contributed by atoms with Gasteiger partial charge in [0.05, 0.1) is 6.54 Å². The van der Waals surface area contributed by atoms with Crippen LogP contribution in [0.2, 0.25) is 0 Å². The summed E-state index contributed by atoms with van der Waals surface area (Å²) in [7, 11) is 0. The summed E-state index contributed by atoms with van der Waals surface area (Å²) in [5, 5.41) is 6.20. The van der Waals surface area contributed by atoms with E-state index in [9.17, 15) is 18.0 Å². The fraction of sp³-hybridized carbons (Fsp3) is 0.692. The Morgan fingerprint density at radius 2 is 2.05 bits per heavy atom. The highest BCUT2D eigenvalue weighted by molar-refractivity contribution is 5.78. The van der Waals surface area contributed by atoms with Crippen LogP contribution >= 0.6 is 0 Å². The van der Waals surface area contributed by atoms with Crippen LogP contribution in [0.4, 0.5) is 13.2 Å². The smallest absolute Gasteiger partial charge is 0.354 e. The van der Waals surface area contributed by atoms with Crippen molar-refractivity contribution in [3.05, 3.63) is 18.0 Å². The summed E-state index contributed by atoms with van der Waals surface area (Å²) >= 11 is 0. The molecular formula is C13H18F3N3O. The molecule has 112 valence electrons. The Balaban J connectivity index is 1.75. The first kappa shape index (κ1) is 14.9. The van der Waals surface area contributed by atoms with Crippen molar-refractivity contribution in [1.82, 2.24) is 15.1 Å². The minimum absolute atomic E-state index is 0.00732. The van der Waals surface area contributed by atoms with Crippen LogP contribution in [0, 0.1) is 5.92 Å². The summed E-state index contributed by atoms with van der Waals surface area (Å²) in [5.74, 6) is 0.0695. The molecule has 0 aromatic carbocycles. The van der Waals surface area contributed by atoms with Gasteiger partial charge in [-0.3, -0.25) is 9.48 Å². The molecule has 1 fully saturated rings. The van der Waals surface area contributed by atoms with Gasteiger partial charge in [0.25, 0.3) is 0 Å². The third-order valence-electron chi connectivity index (χ3n) is 3.55. The Morgan fingerprint density at radius 1 is 1.35 bits per heavy atom. The van der Waals surface area contributed by atoms with Gasteiger partial charge >= 0.3 is 6.18 Å². The molecule has 0 bridgehead atoms. The number of carbonyl (C=O) groups is 1. The number of nitrogens with zero attached hydrogens (tertiary/aromatic N) is 2. The van der Waals surface area contributed by atoms with Gasteiger partial charge in [0.2, 0.25) is 5.91 Å². The monoisotopic (exact) mass is 289 g/mol. The number of carbonyl (C=O) groups excluding carboxylic acids is 1. The van der Waals surface area contributed by atoms with E-state index in [1.54, 1.807) is 0 Å². The lowest BCUT2D eigenvalue weighted by Crippen LogP contribution is -2.34. The van der Waals surface area contributed by atoms with Crippen molar-refractivity contribution in [3.8, 4) is 0 Å². The van der Waals surface area contributed by atoms with Crippen molar-refractivity contribution in [2.45, 2.75) is 44.8 Å². The molecule has 1 aliphatic rings. The SMILES string of the molecule is O=C(NCCn1ccc(C(F)(F)F)n1)C1CCCCC1. The standard InChI is InChI=1S/C13H18F3N3O/c14-13(15,16)11-6-8-19(18-11)9-7-17-12(20)10-4-2-1-3-5-10/h6,8,10H,1-5,7,9H2,(H,17,20). The minimum atomic E-state index is -4.42. The third-order valence-corrected chi connectivity index (χ3v) is 3.55. The molecule has 0 unspecified atom stereocenters. The number of aromatic nitrogens is 2. The summed E-state index contributed by atoms with van der Waals surface area (Å²) in [6.07, 6.45) is 2.00. The number of rotatable bonds is 4. The van der Waals surface area contributed by atoms with Gasteiger partial charge in [-0.1, -0.05) is 19.3 Å². The average molecular weight is 289 g/mol. The molecule has 20 heavy (non-hydrogen) atoms. The summed E-state index contributed by atoms with van der Waals surface area (Å²) in [4.78, 5) is 11.8. The van der Waals surface area contributed by atoms with Crippen molar-refractivity contribution in [3.63, 3.8) is 0 Å². The van der Waals surface area contributed by atoms with Gasteiger partial charge in [-0.2, -0.15) is 18.3 Å². The Kier molecular flexibility index (Phi) is 4.67. The maximum Gasteiger partial charge on any atom is 0.435 e. The van der Waals surface area contributed by atoms with Crippen molar-refractivity contribution in [2.75, 3.05) is 6.54 Å². The number of amides is 1. The van der Waals surface area contributed by atoms with E-state index in [1.807, 2.05) is 0 Å². The molecule has 0 spiro atoms. The summed E-state index contributed by atoms with van der Waals surface area (Å²) < 4.78 is 38.2. The highest BCUT2D eigenvalue weighted by Crippen LogP contribution is 2.27. The molecule has 1 saturated carbocycles. The maximum absolute atomic E-state index is 12.3. The van der Waals surface area contributed by atoms with Crippen LogP contribution in [-0.2, 0) is 17.5 Å². The molecule has 0 radical (unpaired) electrons. The van der Waals surface area contributed by atoms with Gasteiger partial charge in [-0.25, -0.2) is 0 Å². The zero-order valence-corrected chi connectivity index (χ0v) is 11.1. The Morgan fingerprint density at radius 3 is 2.65 bits per heavy atom. The van der Waals surface area contributed by atoms with E-state index in [0.29, 0.717) is 6.54 Å². The molecule has 1 aliphatic carbocycles. The summed E-state index contributed by atoms with van der Waals surface area (Å²) in [5.41, 5.74) is -0.906. The normalized spacial score (nSPS) is 17.1. The topological polar surface area (TPSA) is 46.9 Å². The highest BCUT2D eigenvalue weighted by Gasteiger charge is 2.33. The van der Waals surface area contributed by atoms with E-state index in [2.05, 4.69) is 10.4 Å². The number of hydrogen-bond donors (Lipinski definition) is 1. The van der Waals surface area contributed by atoms with Crippen molar-refractivity contribution in [2.24, 2.45) is 5.92 Å². The van der Waals surface area contributed by atoms with E-state index < -0.39 is 11.9 Å². The number of nitrogens with one attached hydrogen (secondary N) is 1. The van der Waals surface area contributed by atoms with E-state index in [4.69, 9.17) is 0 Å². The lowest BCUT2D eigenvalue weighted by atomic mass is 9.89. The zero-order chi connectivity index (χ0) is 14.6. The zero-order valence-electron chi connectivity index (χ0n) is 11.1. The quantitative estimate of drug-likeness (QED) is 0.926. The fourth-order valence-electron chi connectivity index (χ4n) is 2.44. The predicted molar refractivity (Wildman–Crippen MR) is 66.8 cm³/mol. The Hall–Kier alpha value is -1.53. The van der Waals surface area contributed by atoms with E-state index in [0.717, 1.165) is 31.7 Å². The van der Waals surface area contributed by atoms with E-state index in [1.165, 1.54) is 17.3 Å². The first-order valence-electron chi connectivity index (χ1n) is 6.85. The lowest BCUT2D eigenvalue weighted by molar-refractivity contribution is -0.141. The number of hydrogen-bond acceptors (Lipinski definition) is 2. The molecule has 0 atom stereocenters. The van der Waals surface area contributed by atoms with Crippen LogP contribution in [0.5, 0.6) is 0 Å². The molecular weight excluding hydrogens is 271 g/mol. The van der Waals surface area contributed by atoms with Gasteiger partial charge in [0.15, 0.2) is 5.69 Å². The van der Waals surface area contributed by atoms with Crippen LogP contribution in [0.25, 0.3) is 0 Å². The predicted octanol–water partition coefficient (Wildman–Crippen LogP) is 2.60. The van der Waals surface area contributed by atoms with Gasteiger partial charge in [-0.15, -0.1) is 0 Å². The average Bonchev–Trinajstić information content (AvgIpc) is 2.88. The number of halogens is 3. The lowest BCUT2D eigenvalue weighted by Gasteiger charge is -2.20. The second-order valence-electron chi connectivity index (χ2n) is 5.09. The molecule has 0 aliphatic heterocycles. The second-order valence-corrected chi connectivity index (χ2v) is 5.09. The molecule has 1 amide bonds. The van der Waals surface area contributed by atoms with Gasteiger partial charge in [0, 0.05) is 18.7 Å². The van der Waals surface area contributed by atoms with Gasteiger partial charge < -0.3 is 5.32 Å². The number of alkyl halides is 3. The minimum Gasteiger partial charge on any atom is -0.354 e. The Labute approximate surface area is 115 Å². The van der Waals surface area contributed by atoms with Crippen LogP contribution in [0.15, 0.2) is 12.3 Å². The van der Waals surface area contributed by atoms with E-state index in [-0.39, 0.29) is 18.4 Å². The first-order valence-corrected chi connectivity index (χ1v) is 6.85. The fourth-order valence-corrected chi connectivity index (χ4v) is 2.44. The largest absolute Gasteiger partial charge is 0.435 e. The van der Waals surface area contributed by atoms with E-state index >= 15 is 0 Å². The van der Waals surface area contributed by atoms with Gasteiger partial charge in [-0.05, 0) is 18.9 Å². The molecule has 1 aromatic heterocycles. The highest BCUT2D eigenvalue weighted by atomic mass is 19.4. The van der Waals surface area contributed by atoms with Crippen molar-refractivity contribution in [1.29, 1.82) is 0 Å². The Bertz CT molecular complexity index is 450. The van der Waals surface area contributed by atoms with Crippen LogP contribution in [0.1, 0.15) is 37.8 Å². The summed E-state index contributed by atoms with van der Waals surface area (Å²) in [6, 6.07) is 0.933. The van der Waals surface area contributed by atoms with Gasteiger partial charge in [0.1, 0.15) is 0 Å². The molecule has 1 N–H and O–H groups in total. The van der Waals surface area contributed by atoms with Crippen molar-refractivity contribution < 1.29 is 18.0 Å². The maximum atomic E-state index is 12.3. The van der Waals surface area contributed by atoms with Crippen LogP contribution in [-0.4, -0.2) is 22.2 Å². The van der Waals surface area contributed by atoms with Crippen LogP contribution in [0.3, 0.4) is 0 Å². The first-order chi connectivity index (χ1) is 9.47. The molecule has 0 saturated heterocycles. The molecule has 4 nitrogen and oxygen atoms in total. The van der Waals surface area contributed by atoms with Crippen LogP contribution < -0.4 is 5.32 Å². The third kappa shape index (κ3) is 3.98. The van der Waals surface area contributed by atoms with Crippen molar-refractivity contribution >= 4 is 5.91 Å². The second kappa shape index (κ2) is 6.28.